The lowest BCUT2D eigenvalue weighted by atomic mass is 9.78. The van der Waals surface area contributed by atoms with Crippen LogP contribution in [0.2, 0.25) is 0 Å². The van der Waals surface area contributed by atoms with Gasteiger partial charge >= 0.3 is 6.09 Å². The van der Waals surface area contributed by atoms with Crippen LogP contribution in [0, 0.1) is 0 Å². The number of carbonyl (C=O) groups is 1. The van der Waals surface area contributed by atoms with Crippen LogP contribution in [0.5, 0.6) is 11.5 Å². The van der Waals surface area contributed by atoms with Gasteiger partial charge in [-0.1, -0.05) is 56.3 Å². The number of anilines is 1. The maximum absolute atomic E-state index is 12.0. The molecule has 0 aliphatic heterocycles. The molecule has 2 N–H and O–H groups in total. The Balaban J connectivity index is 1.37. The highest BCUT2D eigenvalue weighted by Gasteiger charge is 2.23. The van der Waals surface area contributed by atoms with Crippen LogP contribution in [0.1, 0.15) is 25.0 Å². The van der Waals surface area contributed by atoms with Crippen molar-refractivity contribution in [1.29, 1.82) is 0 Å². The topological polar surface area (TPSA) is 77.0 Å². The van der Waals surface area contributed by atoms with Gasteiger partial charge in [-0.3, -0.25) is 5.32 Å². The molecular formula is C26H29NO5. The van der Waals surface area contributed by atoms with E-state index < -0.39 is 6.09 Å². The van der Waals surface area contributed by atoms with Gasteiger partial charge in [-0.2, -0.15) is 0 Å². The van der Waals surface area contributed by atoms with E-state index in [0.29, 0.717) is 25.5 Å². The molecule has 0 atom stereocenters. The molecule has 0 saturated carbocycles. The first-order valence-electron chi connectivity index (χ1n) is 10.5. The number of ether oxygens (including phenoxy) is 3. The van der Waals surface area contributed by atoms with Crippen molar-refractivity contribution in [3.05, 3.63) is 90.0 Å². The Morgan fingerprint density at radius 2 is 1.56 bits per heavy atom. The normalized spacial score (nSPS) is 11.1. The SMILES string of the molecule is CC(C)(c1ccc(NC(=O)OCCOCCOc2ccccc2)cc1)c1cccc(O)c1. The minimum atomic E-state index is -0.533. The average molecular weight is 436 g/mol. The maximum Gasteiger partial charge on any atom is 0.411 e. The highest BCUT2D eigenvalue weighted by molar-refractivity contribution is 5.84. The first-order valence-corrected chi connectivity index (χ1v) is 10.5. The first-order chi connectivity index (χ1) is 15.4. The number of rotatable bonds is 10. The molecule has 0 bridgehead atoms. The van der Waals surface area contributed by atoms with Crippen molar-refractivity contribution in [2.75, 3.05) is 31.7 Å². The van der Waals surface area contributed by atoms with E-state index in [0.717, 1.165) is 16.9 Å². The minimum absolute atomic E-state index is 0.153. The number of aromatic hydroxyl groups is 1. The molecule has 0 spiro atoms. The van der Waals surface area contributed by atoms with Crippen molar-refractivity contribution >= 4 is 11.8 Å². The van der Waals surface area contributed by atoms with Crippen molar-refractivity contribution in [1.82, 2.24) is 0 Å². The molecule has 168 valence electrons. The third-order valence-electron chi connectivity index (χ3n) is 5.12. The molecular weight excluding hydrogens is 406 g/mol. The Labute approximate surface area is 188 Å². The van der Waals surface area contributed by atoms with Crippen molar-refractivity contribution in [3.63, 3.8) is 0 Å². The molecule has 0 unspecified atom stereocenters. The van der Waals surface area contributed by atoms with Crippen molar-refractivity contribution in [2.45, 2.75) is 19.3 Å². The van der Waals surface area contributed by atoms with E-state index in [9.17, 15) is 9.90 Å². The summed E-state index contributed by atoms with van der Waals surface area (Å²) in [7, 11) is 0. The van der Waals surface area contributed by atoms with Crippen LogP contribution < -0.4 is 10.1 Å². The highest BCUT2D eigenvalue weighted by Crippen LogP contribution is 2.33. The maximum atomic E-state index is 12.0. The molecule has 1 amide bonds. The summed E-state index contributed by atoms with van der Waals surface area (Å²) in [5.74, 6) is 1.03. The van der Waals surface area contributed by atoms with Gasteiger partial charge in [0.25, 0.3) is 0 Å². The Kier molecular flexibility index (Phi) is 8.11. The van der Waals surface area contributed by atoms with Crippen LogP contribution in [0.25, 0.3) is 0 Å². The number of phenols is 1. The predicted molar refractivity (Wildman–Crippen MR) is 124 cm³/mol. The summed E-state index contributed by atoms with van der Waals surface area (Å²) in [6.07, 6.45) is -0.533. The van der Waals surface area contributed by atoms with Crippen LogP contribution >= 0.6 is 0 Å². The zero-order chi connectivity index (χ0) is 22.8. The fourth-order valence-electron chi connectivity index (χ4n) is 3.22. The van der Waals surface area contributed by atoms with Gasteiger partial charge in [-0.25, -0.2) is 4.79 Å². The molecule has 32 heavy (non-hydrogen) atoms. The molecule has 6 nitrogen and oxygen atoms in total. The molecule has 0 aliphatic rings. The van der Waals surface area contributed by atoms with E-state index in [1.165, 1.54) is 0 Å². The Bertz CT molecular complexity index is 987. The second-order valence-corrected chi connectivity index (χ2v) is 7.79. The van der Waals surface area contributed by atoms with Crippen LogP contribution in [-0.2, 0) is 14.9 Å². The standard InChI is InChI=1S/C26H29NO5/c1-26(2,21-7-6-8-23(28)19-21)20-11-13-22(14-12-20)27-25(29)32-18-16-30-15-17-31-24-9-4-3-5-10-24/h3-14,19,28H,15-18H2,1-2H3,(H,27,29). The lowest BCUT2D eigenvalue weighted by Crippen LogP contribution is -2.19. The molecule has 3 rings (SSSR count). The Morgan fingerprint density at radius 1 is 0.844 bits per heavy atom. The summed E-state index contributed by atoms with van der Waals surface area (Å²) < 4.78 is 16.1. The summed E-state index contributed by atoms with van der Waals surface area (Å²) in [4.78, 5) is 12.0. The molecule has 0 fully saturated rings. The Hall–Kier alpha value is -3.51. The van der Waals surface area contributed by atoms with Crippen molar-refractivity contribution < 1.29 is 24.1 Å². The van der Waals surface area contributed by atoms with Gasteiger partial charge in [0.2, 0.25) is 0 Å². The lowest BCUT2D eigenvalue weighted by Gasteiger charge is -2.26. The van der Waals surface area contributed by atoms with E-state index in [-0.39, 0.29) is 17.8 Å². The fourth-order valence-corrected chi connectivity index (χ4v) is 3.22. The third-order valence-corrected chi connectivity index (χ3v) is 5.12. The van der Waals surface area contributed by atoms with Crippen LogP contribution in [0.4, 0.5) is 10.5 Å². The summed E-state index contributed by atoms with van der Waals surface area (Å²) in [5.41, 5.74) is 2.42. The molecule has 0 heterocycles. The minimum Gasteiger partial charge on any atom is -0.508 e. The van der Waals surface area contributed by atoms with Gasteiger partial charge in [-0.05, 0) is 47.5 Å². The number of carbonyl (C=O) groups excluding carboxylic acids is 1. The number of hydrogen-bond acceptors (Lipinski definition) is 5. The highest BCUT2D eigenvalue weighted by atomic mass is 16.6. The number of para-hydroxylation sites is 1. The Morgan fingerprint density at radius 3 is 2.28 bits per heavy atom. The molecule has 0 saturated heterocycles. The molecule has 3 aromatic rings. The predicted octanol–water partition coefficient (Wildman–Crippen LogP) is 5.36. The van der Waals surface area contributed by atoms with Gasteiger partial charge in [0.15, 0.2) is 0 Å². The molecule has 0 aromatic heterocycles. The fraction of sp³-hybridized carbons (Fsp3) is 0.269. The second kappa shape index (κ2) is 11.2. The van der Waals surface area contributed by atoms with Crippen molar-refractivity contribution in [3.8, 4) is 11.5 Å². The first kappa shape index (κ1) is 23.2. The quantitative estimate of drug-likeness (QED) is 0.419. The summed E-state index contributed by atoms with van der Waals surface area (Å²) in [6, 6.07) is 24.3. The van der Waals surface area contributed by atoms with Crippen LogP contribution in [0.15, 0.2) is 78.9 Å². The van der Waals surface area contributed by atoms with E-state index in [1.807, 2.05) is 66.7 Å². The second-order valence-electron chi connectivity index (χ2n) is 7.79. The number of nitrogens with one attached hydrogen (secondary N) is 1. The average Bonchev–Trinajstić information content (AvgIpc) is 2.79. The zero-order valence-corrected chi connectivity index (χ0v) is 18.4. The molecule has 6 heteroatoms. The largest absolute Gasteiger partial charge is 0.508 e. The van der Waals surface area contributed by atoms with Crippen molar-refractivity contribution in [2.24, 2.45) is 0 Å². The van der Waals surface area contributed by atoms with E-state index in [2.05, 4.69) is 19.2 Å². The third kappa shape index (κ3) is 6.75. The van der Waals surface area contributed by atoms with Gasteiger partial charge in [-0.15, -0.1) is 0 Å². The van der Waals surface area contributed by atoms with Crippen LogP contribution in [-0.4, -0.2) is 37.6 Å². The van der Waals surface area contributed by atoms with E-state index in [4.69, 9.17) is 14.2 Å². The summed E-state index contributed by atoms with van der Waals surface area (Å²) in [6.45, 7) is 5.47. The number of amides is 1. The summed E-state index contributed by atoms with van der Waals surface area (Å²) >= 11 is 0. The lowest BCUT2D eigenvalue weighted by molar-refractivity contribution is 0.0617. The number of phenolic OH excluding ortho intramolecular Hbond substituents is 1. The van der Waals surface area contributed by atoms with Gasteiger partial charge in [0.05, 0.1) is 13.2 Å². The van der Waals surface area contributed by atoms with Gasteiger partial charge in [0.1, 0.15) is 24.7 Å². The molecule has 0 aliphatic carbocycles. The molecule has 3 aromatic carbocycles. The number of hydrogen-bond donors (Lipinski definition) is 2. The van der Waals surface area contributed by atoms with E-state index >= 15 is 0 Å². The van der Waals surface area contributed by atoms with Gasteiger partial charge < -0.3 is 19.3 Å². The van der Waals surface area contributed by atoms with E-state index in [1.54, 1.807) is 12.1 Å². The summed E-state index contributed by atoms with van der Waals surface area (Å²) in [5, 5.41) is 12.5. The molecule has 0 radical (unpaired) electrons. The van der Waals surface area contributed by atoms with Gasteiger partial charge in [0, 0.05) is 11.1 Å². The van der Waals surface area contributed by atoms with Crippen LogP contribution in [0.3, 0.4) is 0 Å². The smallest absolute Gasteiger partial charge is 0.411 e. The monoisotopic (exact) mass is 435 g/mol. The zero-order valence-electron chi connectivity index (χ0n) is 18.4. The number of benzene rings is 3.